The standard InChI is InChI=1S/C15H14ClN3O2/c1-2-14(20)18-10-4-3-5-11(8-10)19-15(21)12-6-7-17-9-13(12)16/h3-9H,2H2,1H3,(H,18,20)(H,19,21). The molecule has 0 aliphatic heterocycles. The van der Waals surface area contributed by atoms with Crippen molar-refractivity contribution in [3.63, 3.8) is 0 Å². The highest BCUT2D eigenvalue weighted by Gasteiger charge is 2.10. The van der Waals surface area contributed by atoms with Crippen molar-refractivity contribution in [2.75, 3.05) is 10.6 Å². The minimum atomic E-state index is -0.332. The van der Waals surface area contributed by atoms with Crippen LogP contribution in [0, 0.1) is 0 Å². The van der Waals surface area contributed by atoms with Gasteiger partial charge in [-0.3, -0.25) is 14.6 Å². The average molecular weight is 304 g/mol. The van der Waals surface area contributed by atoms with Crippen molar-refractivity contribution < 1.29 is 9.59 Å². The van der Waals surface area contributed by atoms with E-state index in [2.05, 4.69) is 15.6 Å². The van der Waals surface area contributed by atoms with Gasteiger partial charge < -0.3 is 10.6 Å². The van der Waals surface area contributed by atoms with Crippen LogP contribution in [0.1, 0.15) is 23.7 Å². The summed E-state index contributed by atoms with van der Waals surface area (Å²) in [6.07, 6.45) is 3.30. The number of amides is 2. The maximum absolute atomic E-state index is 12.1. The van der Waals surface area contributed by atoms with Crippen LogP contribution < -0.4 is 10.6 Å². The Hall–Kier alpha value is -2.40. The summed E-state index contributed by atoms with van der Waals surface area (Å²) in [7, 11) is 0. The number of halogens is 1. The molecule has 0 spiro atoms. The van der Waals surface area contributed by atoms with Crippen molar-refractivity contribution >= 4 is 34.8 Å². The third-order valence-corrected chi connectivity index (χ3v) is 3.04. The van der Waals surface area contributed by atoms with Crippen LogP contribution in [0.2, 0.25) is 5.02 Å². The molecule has 0 fully saturated rings. The lowest BCUT2D eigenvalue weighted by Crippen LogP contribution is -2.13. The van der Waals surface area contributed by atoms with E-state index in [4.69, 9.17) is 11.6 Å². The van der Waals surface area contributed by atoms with Gasteiger partial charge in [0.2, 0.25) is 5.91 Å². The van der Waals surface area contributed by atoms with Gasteiger partial charge in [0.25, 0.3) is 5.91 Å². The van der Waals surface area contributed by atoms with Crippen LogP contribution >= 0.6 is 11.6 Å². The quantitative estimate of drug-likeness (QED) is 0.910. The first kappa shape index (κ1) is 15.0. The third-order valence-electron chi connectivity index (χ3n) is 2.74. The highest BCUT2D eigenvalue weighted by Crippen LogP contribution is 2.18. The predicted octanol–water partition coefficient (Wildman–Crippen LogP) is 3.34. The Bertz CT molecular complexity index is 673. The Balaban J connectivity index is 2.13. The molecular formula is C15H14ClN3O2. The van der Waals surface area contributed by atoms with Crippen molar-refractivity contribution in [3.8, 4) is 0 Å². The first-order valence-electron chi connectivity index (χ1n) is 6.41. The SMILES string of the molecule is CCC(=O)Nc1cccc(NC(=O)c2ccncc2Cl)c1. The van der Waals surface area contributed by atoms with Crippen LogP contribution in [-0.4, -0.2) is 16.8 Å². The summed E-state index contributed by atoms with van der Waals surface area (Å²) in [6, 6.07) is 8.45. The van der Waals surface area contributed by atoms with E-state index in [1.54, 1.807) is 37.3 Å². The molecule has 2 N–H and O–H groups in total. The van der Waals surface area contributed by atoms with Gasteiger partial charge in [0.1, 0.15) is 0 Å². The smallest absolute Gasteiger partial charge is 0.257 e. The number of hydrogen-bond acceptors (Lipinski definition) is 3. The van der Waals surface area contributed by atoms with Gasteiger partial charge in [0.15, 0.2) is 0 Å². The number of carbonyl (C=O) groups excluding carboxylic acids is 2. The van der Waals surface area contributed by atoms with Gasteiger partial charge in [-0.2, -0.15) is 0 Å². The molecule has 0 aliphatic rings. The molecular weight excluding hydrogens is 290 g/mol. The number of carbonyl (C=O) groups is 2. The summed E-state index contributed by atoms with van der Waals surface area (Å²) in [5.41, 5.74) is 1.54. The number of benzene rings is 1. The van der Waals surface area contributed by atoms with Gasteiger partial charge in [0, 0.05) is 30.2 Å². The molecule has 21 heavy (non-hydrogen) atoms. The van der Waals surface area contributed by atoms with E-state index in [0.717, 1.165) is 0 Å². The summed E-state index contributed by atoms with van der Waals surface area (Å²) >= 11 is 5.92. The van der Waals surface area contributed by atoms with Crippen molar-refractivity contribution in [2.45, 2.75) is 13.3 Å². The molecule has 0 saturated carbocycles. The van der Waals surface area contributed by atoms with E-state index in [9.17, 15) is 9.59 Å². The lowest BCUT2D eigenvalue weighted by molar-refractivity contribution is -0.115. The van der Waals surface area contributed by atoms with Crippen molar-refractivity contribution in [2.24, 2.45) is 0 Å². The number of hydrogen-bond donors (Lipinski definition) is 2. The summed E-state index contributed by atoms with van der Waals surface area (Å²) in [5, 5.41) is 5.74. The van der Waals surface area contributed by atoms with Crippen molar-refractivity contribution in [1.29, 1.82) is 0 Å². The lowest BCUT2D eigenvalue weighted by atomic mass is 10.2. The summed E-state index contributed by atoms with van der Waals surface area (Å²) in [5.74, 6) is -0.419. The molecule has 0 saturated heterocycles. The molecule has 2 aromatic rings. The van der Waals surface area contributed by atoms with Crippen molar-refractivity contribution in [1.82, 2.24) is 4.98 Å². The minimum absolute atomic E-state index is 0.0874. The van der Waals surface area contributed by atoms with Crippen LogP contribution in [-0.2, 0) is 4.79 Å². The van der Waals surface area contributed by atoms with E-state index in [1.165, 1.54) is 12.4 Å². The van der Waals surface area contributed by atoms with Crippen LogP contribution in [0.3, 0.4) is 0 Å². The molecule has 0 atom stereocenters. The number of anilines is 2. The Morgan fingerprint density at radius 1 is 1.19 bits per heavy atom. The number of rotatable bonds is 4. The highest BCUT2D eigenvalue weighted by molar-refractivity contribution is 6.34. The summed E-state index contributed by atoms with van der Waals surface area (Å²) in [6.45, 7) is 1.77. The first-order valence-corrected chi connectivity index (χ1v) is 6.78. The average Bonchev–Trinajstić information content (AvgIpc) is 2.47. The molecule has 6 heteroatoms. The zero-order valence-electron chi connectivity index (χ0n) is 11.4. The maximum atomic E-state index is 12.1. The zero-order chi connectivity index (χ0) is 15.2. The number of nitrogens with zero attached hydrogens (tertiary/aromatic N) is 1. The van der Waals surface area contributed by atoms with E-state index in [0.29, 0.717) is 23.4 Å². The van der Waals surface area contributed by atoms with Gasteiger partial charge >= 0.3 is 0 Å². The van der Waals surface area contributed by atoms with Gasteiger partial charge in [-0.05, 0) is 24.3 Å². The van der Waals surface area contributed by atoms with Crippen molar-refractivity contribution in [3.05, 3.63) is 53.3 Å². The number of pyridine rings is 1. The van der Waals surface area contributed by atoms with Crippen LogP contribution in [0.15, 0.2) is 42.7 Å². The Kier molecular flexibility index (Phi) is 4.90. The zero-order valence-corrected chi connectivity index (χ0v) is 12.1. The molecule has 1 aromatic carbocycles. The van der Waals surface area contributed by atoms with Crippen LogP contribution in [0.5, 0.6) is 0 Å². The predicted molar refractivity (Wildman–Crippen MR) is 82.6 cm³/mol. The third kappa shape index (κ3) is 4.03. The molecule has 1 aromatic heterocycles. The fourth-order valence-corrected chi connectivity index (χ4v) is 1.89. The second-order valence-electron chi connectivity index (χ2n) is 4.29. The topological polar surface area (TPSA) is 71.1 Å². The van der Waals surface area contributed by atoms with Gasteiger partial charge in [-0.15, -0.1) is 0 Å². The van der Waals surface area contributed by atoms with E-state index >= 15 is 0 Å². The number of aromatic nitrogens is 1. The van der Waals surface area contributed by atoms with Gasteiger partial charge in [0.05, 0.1) is 10.6 Å². The first-order chi connectivity index (χ1) is 10.1. The van der Waals surface area contributed by atoms with E-state index < -0.39 is 0 Å². The molecule has 108 valence electrons. The molecule has 1 heterocycles. The molecule has 0 unspecified atom stereocenters. The van der Waals surface area contributed by atoms with Crippen LogP contribution in [0.25, 0.3) is 0 Å². The normalized spacial score (nSPS) is 10.0. The number of nitrogens with one attached hydrogen (secondary N) is 2. The van der Waals surface area contributed by atoms with Crippen LogP contribution in [0.4, 0.5) is 11.4 Å². The van der Waals surface area contributed by atoms with Gasteiger partial charge in [-0.25, -0.2) is 0 Å². The minimum Gasteiger partial charge on any atom is -0.326 e. The largest absolute Gasteiger partial charge is 0.326 e. The van der Waals surface area contributed by atoms with E-state index in [-0.39, 0.29) is 16.8 Å². The Labute approximate surface area is 127 Å². The molecule has 5 nitrogen and oxygen atoms in total. The summed E-state index contributed by atoms with van der Waals surface area (Å²) < 4.78 is 0. The Morgan fingerprint density at radius 3 is 2.57 bits per heavy atom. The molecule has 0 bridgehead atoms. The second kappa shape index (κ2) is 6.85. The Morgan fingerprint density at radius 2 is 1.90 bits per heavy atom. The van der Waals surface area contributed by atoms with Gasteiger partial charge in [-0.1, -0.05) is 24.6 Å². The highest BCUT2D eigenvalue weighted by atomic mass is 35.5. The second-order valence-corrected chi connectivity index (χ2v) is 4.70. The summed E-state index contributed by atoms with van der Waals surface area (Å²) in [4.78, 5) is 27.3. The fourth-order valence-electron chi connectivity index (χ4n) is 1.68. The molecule has 0 radical (unpaired) electrons. The molecule has 2 rings (SSSR count). The monoisotopic (exact) mass is 303 g/mol. The fraction of sp³-hybridized carbons (Fsp3) is 0.133. The lowest BCUT2D eigenvalue weighted by Gasteiger charge is -2.09. The molecule has 0 aliphatic carbocycles. The maximum Gasteiger partial charge on any atom is 0.257 e. The van der Waals surface area contributed by atoms with E-state index in [1.807, 2.05) is 0 Å². The molecule has 2 amide bonds.